The number of nitrogens with one attached hydrogen (secondary N) is 1. The standard InChI is InChI=1S/C16H26N2O4S/c1-12(2)16(19)17-10-11-18(23(5,20)21)14-6-8-15(9-7-14)22-13(3)4/h6-9,12-13H,10-11H2,1-5H3,(H,17,19). The summed E-state index contributed by atoms with van der Waals surface area (Å²) in [5.41, 5.74) is 0.544. The number of sulfonamides is 1. The van der Waals surface area contributed by atoms with Crippen LogP contribution in [0.2, 0.25) is 0 Å². The predicted molar refractivity (Wildman–Crippen MR) is 92.2 cm³/mol. The molecule has 1 aromatic rings. The number of rotatable bonds is 8. The van der Waals surface area contributed by atoms with Crippen LogP contribution < -0.4 is 14.4 Å². The molecule has 1 aromatic carbocycles. The first-order chi connectivity index (χ1) is 10.6. The largest absolute Gasteiger partial charge is 0.491 e. The van der Waals surface area contributed by atoms with Crippen molar-refractivity contribution in [3.8, 4) is 5.75 Å². The van der Waals surface area contributed by atoms with Gasteiger partial charge in [-0.15, -0.1) is 0 Å². The van der Waals surface area contributed by atoms with Crippen LogP contribution in [0.3, 0.4) is 0 Å². The van der Waals surface area contributed by atoms with Crippen molar-refractivity contribution in [2.45, 2.75) is 33.8 Å². The molecule has 1 N–H and O–H groups in total. The summed E-state index contributed by atoms with van der Waals surface area (Å²) in [6, 6.07) is 6.87. The van der Waals surface area contributed by atoms with Gasteiger partial charge in [-0.1, -0.05) is 13.8 Å². The lowest BCUT2D eigenvalue weighted by molar-refractivity contribution is -0.123. The van der Waals surface area contributed by atoms with Gasteiger partial charge in [0.05, 0.1) is 24.6 Å². The lowest BCUT2D eigenvalue weighted by atomic mass is 10.2. The van der Waals surface area contributed by atoms with Crippen LogP contribution in [0.5, 0.6) is 5.75 Å². The summed E-state index contributed by atoms with van der Waals surface area (Å²) in [5, 5.41) is 2.72. The van der Waals surface area contributed by atoms with Crippen LogP contribution in [0.1, 0.15) is 27.7 Å². The first-order valence-corrected chi connectivity index (χ1v) is 9.48. The highest BCUT2D eigenvalue weighted by atomic mass is 32.2. The van der Waals surface area contributed by atoms with Gasteiger partial charge in [0.15, 0.2) is 0 Å². The van der Waals surface area contributed by atoms with Crippen LogP contribution >= 0.6 is 0 Å². The molecular weight excluding hydrogens is 316 g/mol. The van der Waals surface area contributed by atoms with Gasteiger partial charge in [-0.25, -0.2) is 8.42 Å². The second kappa shape index (κ2) is 8.19. The van der Waals surface area contributed by atoms with Crippen molar-refractivity contribution >= 4 is 21.6 Å². The van der Waals surface area contributed by atoms with Gasteiger partial charge in [0.25, 0.3) is 0 Å². The van der Waals surface area contributed by atoms with Crippen LogP contribution in [0.15, 0.2) is 24.3 Å². The van der Waals surface area contributed by atoms with E-state index in [1.807, 2.05) is 13.8 Å². The van der Waals surface area contributed by atoms with E-state index >= 15 is 0 Å². The number of hydrogen-bond acceptors (Lipinski definition) is 4. The number of hydrogen-bond donors (Lipinski definition) is 1. The maximum atomic E-state index is 12.0. The number of amides is 1. The molecule has 0 atom stereocenters. The zero-order valence-electron chi connectivity index (χ0n) is 14.4. The van der Waals surface area contributed by atoms with Gasteiger partial charge in [0.1, 0.15) is 5.75 Å². The summed E-state index contributed by atoms with van der Waals surface area (Å²) in [6.07, 6.45) is 1.20. The average molecular weight is 342 g/mol. The third-order valence-electron chi connectivity index (χ3n) is 3.04. The molecule has 1 amide bonds. The number of anilines is 1. The Hall–Kier alpha value is -1.76. The van der Waals surface area contributed by atoms with E-state index in [1.54, 1.807) is 38.1 Å². The molecule has 0 spiro atoms. The minimum atomic E-state index is -3.43. The second-order valence-electron chi connectivity index (χ2n) is 5.94. The quantitative estimate of drug-likeness (QED) is 0.784. The number of benzene rings is 1. The summed E-state index contributed by atoms with van der Waals surface area (Å²) >= 11 is 0. The van der Waals surface area contributed by atoms with E-state index in [0.29, 0.717) is 11.4 Å². The smallest absolute Gasteiger partial charge is 0.232 e. The van der Waals surface area contributed by atoms with Gasteiger partial charge in [-0.3, -0.25) is 9.10 Å². The molecule has 0 fully saturated rings. The van der Waals surface area contributed by atoms with Crippen molar-refractivity contribution in [3.63, 3.8) is 0 Å². The molecule has 6 nitrogen and oxygen atoms in total. The van der Waals surface area contributed by atoms with Gasteiger partial charge in [0, 0.05) is 12.5 Å². The first kappa shape index (κ1) is 19.3. The molecule has 0 aliphatic carbocycles. The zero-order chi connectivity index (χ0) is 17.6. The maximum absolute atomic E-state index is 12.0. The summed E-state index contributed by atoms with van der Waals surface area (Å²) in [5.74, 6) is 0.457. The molecule has 130 valence electrons. The fraction of sp³-hybridized carbons (Fsp3) is 0.562. The number of nitrogens with zero attached hydrogens (tertiary/aromatic N) is 1. The second-order valence-corrected chi connectivity index (χ2v) is 7.85. The number of carbonyl (C=O) groups excluding carboxylic acids is 1. The molecule has 1 rings (SSSR count). The SMILES string of the molecule is CC(C)Oc1ccc(N(CCNC(=O)C(C)C)S(C)(=O)=O)cc1. The highest BCUT2D eigenvalue weighted by molar-refractivity contribution is 7.92. The van der Waals surface area contributed by atoms with Gasteiger partial charge in [-0.05, 0) is 38.1 Å². The zero-order valence-corrected chi connectivity index (χ0v) is 15.2. The lowest BCUT2D eigenvalue weighted by Crippen LogP contribution is -2.39. The Labute approximate surface area is 138 Å². The van der Waals surface area contributed by atoms with Gasteiger partial charge < -0.3 is 10.1 Å². The molecular formula is C16H26N2O4S. The van der Waals surface area contributed by atoms with Crippen molar-refractivity contribution < 1.29 is 17.9 Å². The van der Waals surface area contributed by atoms with E-state index in [9.17, 15) is 13.2 Å². The topological polar surface area (TPSA) is 75.7 Å². The van der Waals surface area contributed by atoms with Crippen molar-refractivity contribution in [2.24, 2.45) is 5.92 Å². The normalized spacial score (nSPS) is 11.6. The molecule has 0 bridgehead atoms. The van der Waals surface area contributed by atoms with E-state index in [0.717, 1.165) is 6.26 Å². The molecule has 0 saturated heterocycles. The summed E-state index contributed by atoms with van der Waals surface area (Å²) < 4.78 is 30.8. The van der Waals surface area contributed by atoms with E-state index < -0.39 is 10.0 Å². The minimum Gasteiger partial charge on any atom is -0.491 e. The number of ether oxygens (including phenoxy) is 1. The van der Waals surface area contributed by atoms with Gasteiger partial charge >= 0.3 is 0 Å². The molecule has 0 unspecified atom stereocenters. The van der Waals surface area contributed by atoms with E-state index in [1.165, 1.54) is 4.31 Å². The van der Waals surface area contributed by atoms with Crippen molar-refractivity contribution in [1.82, 2.24) is 5.32 Å². The Morgan fingerprint density at radius 3 is 2.17 bits per heavy atom. The monoisotopic (exact) mass is 342 g/mol. The molecule has 0 aliphatic rings. The third kappa shape index (κ3) is 6.48. The summed E-state index contributed by atoms with van der Waals surface area (Å²) in [7, 11) is -3.43. The molecule has 0 saturated carbocycles. The first-order valence-electron chi connectivity index (χ1n) is 7.63. The third-order valence-corrected chi connectivity index (χ3v) is 4.23. The van der Waals surface area contributed by atoms with Crippen molar-refractivity contribution in [2.75, 3.05) is 23.7 Å². The predicted octanol–water partition coefficient (Wildman–Crippen LogP) is 2.01. The Morgan fingerprint density at radius 1 is 1.17 bits per heavy atom. The fourth-order valence-electron chi connectivity index (χ4n) is 1.93. The Bertz CT molecular complexity index is 609. The van der Waals surface area contributed by atoms with E-state index in [4.69, 9.17) is 4.74 Å². The van der Waals surface area contributed by atoms with Crippen LogP contribution in [0.4, 0.5) is 5.69 Å². The molecule has 0 aliphatic heterocycles. The fourth-order valence-corrected chi connectivity index (χ4v) is 2.86. The molecule has 7 heteroatoms. The van der Waals surface area contributed by atoms with Crippen LogP contribution in [0.25, 0.3) is 0 Å². The number of carbonyl (C=O) groups is 1. The Morgan fingerprint density at radius 2 is 1.74 bits per heavy atom. The van der Waals surface area contributed by atoms with Crippen LogP contribution in [0, 0.1) is 5.92 Å². The van der Waals surface area contributed by atoms with Crippen molar-refractivity contribution in [1.29, 1.82) is 0 Å². The average Bonchev–Trinajstić information content (AvgIpc) is 2.42. The summed E-state index contributed by atoms with van der Waals surface area (Å²) in [6.45, 7) is 7.87. The molecule has 0 radical (unpaired) electrons. The Kier molecular flexibility index (Phi) is 6.87. The van der Waals surface area contributed by atoms with Crippen LogP contribution in [-0.2, 0) is 14.8 Å². The van der Waals surface area contributed by atoms with E-state index in [-0.39, 0.29) is 31.0 Å². The molecule has 23 heavy (non-hydrogen) atoms. The van der Waals surface area contributed by atoms with Crippen molar-refractivity contribution in [3.05, 3.63) is 24.3 Å². The lowest BCUT2D eigenvalue weighted by Gasteiger charge is -2.23. The highest BCUT2D eigenvalue weighted by Gasteiger charge is 2.18. The highest BCUT2D eigenvalue weighted by Crippen LogP contribution is 2.22. The molecule has 0 aromatic heterocycles. The van der Waals surface area contributed by atoms with Crippen LogP contribution in [-0.4, -0.2) is 39.8 Å². The van der Waals surface area contributed by atoms with Gasteiger partial charge in [-0.2, -0.15) is 0 Å². The van der Waals surface area contributed by atoms with Gasteiger partial charge in [0.2, 0.25) is 15.9 Å². The summed E-state index contributed by atoms with van der Waals surface area (Å²) in [4.78, 5) is 11.6. The Balaban J connectivity index is 2.81. The maximum Gasteiger partial charge on any atom is 0.232 e. The molecule has 0 heterocycles. The van der Waals surface area contributed by atoms with E-state index in [2.05, 4.69) is 5.32 Å². The minimum absolute atomic E-state index is 0.0538.